The predicted molar refractivity (Wildman–Crippen MR) is 110 cm³/mol. The van der Waals surface area contributed by atoms with Gasteiger partial charge in [-0.05, 0) is 19.3 Å². The van der Waals surface area contributed by atoms with Gasteiger partial charge in [0.15, 0.2) is 0 Å². The molecule has 3 N–H and O–H groups in total. The van der Waals surface area contributed by atoms with Crippen LogP contribution in [-0.2, 0) is 4.79 Å². The Hall–Kier alpha value is -1.61. The molecule has 26 heavy (non-hydrogen) atoms. The average molecular weight is 399 g/mol. The molecule has 1 saturated carbocycles. The topological polar surface area (TPSA) is 107 Å². The maximum Gasteiger partial charge on any atom is 0.225 e. The molecular formula is C17H30N6OS2. The van der Waals surface area contributed by atoms with Crippen LogP contribution in [-0.4, -0.2) is 26.3 Å². The van der Waals surface area contributed by atoms with Gasteiger partial charge in [0, 0.05) is 18.3 Å². The molecule has 0 spiro atoms. The normalized spacial score (nSPS) is 18.8. The molecule has 0 saturated heterocycles. The number of amides is 1. The van der Waals surface area contributed by atoms with Crippen LogP contribution in [0.3, 0.4) is 0 Å². The van der Waals surface area contributed by atoms with Gasteiger partial charge in [0.2, 0.25) is 16.2 Å². The van der Waals surface area contributed by atoms with E-state index in [-0.39, 0.29) is 5.91 Å². The fraction of sp³-hybridized carbons (Fsp3) is 0.706. The lowest BCUT2D eigenvalue weighted by atomic mass is 9.82. The molecule has 3 rings (SSSR count). The summed E-state index contributed by atoms with van der Waals surface area (Å²) in [4.78, 5) is 11.4. The van der Waals surface area contributed by atoms with Crippen molar-refractivity contribution in [3.8, 4) is 0 Å². The van der Waals surface area contributed by atoms with Gasteiger partial charge in [-0.1, -0.05) is 63.7 Å². The molecule has 2 aromatic rings. The second kappa shape index (κ2) is 11.9. The van der Waals surface area contributed by atoms with Gasteiger partial charge in [-0.25, -0.2) is 0 Å². The summed E-state index contributed by atoms with van der Waals surface area (Å²) in [5.74, 6) is 0.730. The number of hydrogen-bond acceptors (Lipinski definition) is 8. The van der Waals surface area contributed by atoms with E-state index in [1.807, 2.05) is 34.6 Å². The van der Waals surface area contributed by atoms with Gasteiger partial charge in [0.05, 0.1) is 0 Å². The van der Waals surface area contributed by atoms with E-state index in [9.17, 15) is 4.79 Å². The van der Waals surface area contributed by atoms with Gasteiger partial charge >= 0.3 is 0 Å². The number of anilines is 2. The summed E-state index contributed by atoms with van der Waals surface area (Å²) in [6.07, 6.45) is 4.78. The number of nitrogens with one attached hydrogen (secondary N) is 1. The number of carbonyl (C=O) groups is 1. The van der Waals surface area contributed by atoms with E-state index in [0.29, 0.717) is 28.5 Å². The first-order valence-corrected chi connectivity index (χ1v) is 11.0. The smallest absolute Gasteiger partial charge is 0.225 e. The molecule has 1 aliphatic carbocycles. The largest absolute Gasteiger partial charge is 0.374 e. The SMILES string of the molecule is CC.CC.CCC(=O)Nc1nnc([C@H]2CCCC(c3nnc(N)s3)C2)s1. The zero-order chi connectivity index (χ0) is 19.5. The Morgan fingerprint density at radius 1 is 1.04 bits per heavy atom. The summed E-state index contributed by atoms with van der Waals surface area (Å²) in [5, 5.41) is 22.3. The van der Waals surface area contributed by atoms with E-state index in [1.165, 1.54) is 22.7 Å². The Bertz CT molecular complexity index is 657. The molecule has 0 aliphatic heterocycles. The van der Waals surface area contributed by atoms with Crippen LogP contribution in [0.25, 0.3) is 0 Å². The third kappa shape index (κ3) is 6.28. The fourth-order valence-corrected chi connectivity index (χ4v) is 4.37. The van der Waals surface area contributed by atoms with Crippen molar-refractivity contribution in [1.82, 2.24) is 20.4 Å². The summed E-state index contributed by atoms with van der Waals surface area (Å²) in [5.41, 5.74) is 5.68. The Balaban J connectivity index is 0.000000791. The van der Waals surface area contributed by atoms with E-state index in [2.05, 4.69) is 25.7 Å². The summed E-state index contributed by atoms with van der Waals surface area (Å²) in [6, 6.07) is 0. The van der Waals surface area contributed by atoms with Crippen molar-refractivity contribution in [2.45, 2.75) is 78.6 Å². The highest BCUT2D eigenvalue weighted by molar-refractivity contribution is 7.15. The van der Waals surface area contributed by atoms with E-state index in [0.717, 1.165) is 35.7 Å². The van der Waals surface area contributed by atoms with E-state index in [1.54, 1.807) is 0 Å². The maximum absolute atomic E-state index is 11.4. The monoisotopic (exact) mass is 398 g/mol. The number of carbonyl (C=O) groups excluding carboxylic acids is 1. The molecular weight excluding hydrogens is 368 g/mol. The highest BCUT2D eigenvalue weighted by Crippen LogP contribution is 2.43. The first kappa shape index (κ1) is 22.4. The molecule has 1 amide bonds. The van der Waals surface area contributed by atoms with Gasteiger partial charge in [-0.15, -0.1) is 20.4 Å². The number of nitrogen functional groups attached to an aromatic ring is 1. The number of nitrogens with zero attached hydrogens (tertiary/aromatic N) is 4. The summed E-state index contributed by atoms with van der Waals surface area (Å²) in [6.45, 7) is 9.82. The van der Waals surface area contributed by atoms with Crippen LogP contribution in [0.2, 0.25) is 0 Å². The molecule has 1 aliphatic rings. The number of hydrogen-bond donors (Lipinski definition) is 2. The highest BCUT2D eigenvalue weighted by atomic mass is 32.1. The standard InChI is InChI=1S/C13H18N6OS2.2C2H6/c1-2-9(20)15-13-19-17-11(22-13)8-5-3-4-7(6-8)10-16-18-12(14)21-10;2*1-2/h7-8H,2-6H2,1H3,(H2,14,18)(H,15,19,20);2*1-2H3/t7?,8-;;/m0../s1. The summed E-state index contributed by atoms with van der Waals surface area (Å²) in [7, 11) is 0. The minimum Gasteiger partial charge on any atom is -0.374 e. The Kier molecular flexibility index (Phi) is 10.3. The van der Waals surface area contributed by atoms with Crippen molar-refractivity contribution < 1.29 is 4.79 Å². The Morgan fingerprint density at radius 2 is 1.62 bits per heavy atom. The van der Waals surface area contributed by atoms with E-state index in [4.69, 9.17) is 5.73 Å². The number of nitrogens with two attached hydrogens (primary N) is 1. The van der Waals surface area contributed by atoms with Crippen LogP contribution in [0.1, 0.15) is 88.6 Å². The number of rotatable bonds is 4. The molecule has 2 atom stereocenters. The molecule has 1 fully saturated rings. The third-order valence-electron chi connectivity index (χ3n) is 3.84. The lowest BCUT2D eigenvalue weighted by Gasteiger charge is -2.25. The van der Waals surface area contributed by atoms with Crippen molar-refractivity contribution in [3.05, 3.63) is 10.0 Å². The zero-order valence-corrected chi connectivity index (χ0v) is 17.9. The molecule has 0 aromatic carbocycles. The molecule has 7 nitrogen and oxygen atoms in total. The second-order valence-corrected chi connectivity index (χ2v) is 7.44. The quantitative estimate of drug-likeness (QED) is 0.765. The first-order valence-electron chi connectivity index (χ1n) is 9.37. The van der Waals surface area contributed by atoms with Gasteiger partial charge in [-0.3, -0.25) is 4.79 Å². The molecule has 9 heteroatoms. The van der Waals surface area contributed by atoms with Gasteiger partial charge in [0.1, 0.15) is 10.0 Å². The molecule has 0 radical (unpaired) electrons. The van der Waals surface area contributed by atoms with Crippen LogP contribution in [0, 0.1) is 0 Å². The van der Waals surface area contributed by atoms with Crippen LogP contribution in [0.5, 0.6) is 0 Å². The van der Waals surface area contributed by atoms with Crippen molar-refractivity contribution in [2.24, 2.45) is 0 Å². The minimum atomic E-state index is -0.0337. The van der Waals surface area contributed by atoms with E-state index >= 15 is 0 Å². The lowest BCUT2D eigenvalue weighted by Crippen LogP contribution is -2.12. The molecule has 1 unspecified atom stereocenters. The fourth-order valence-electron chi connectivity index (χ4n) is 2.71. The predicted octanol–water partition coefficient (Wildman–Crippen LogP) is 4.81. The molecule has 146 valence electrons. The molecule has 2 heterocycles. The van der Waals surface area contributed by atoms with Gasteiger partial charge in [0.25, 0.3) is 0 Å². The van der Waals surface area contributed by atoms with Crippen LogP contribution in [0.4, 0.5) is 10.3 Å². The van der Waals surface area contributed by atoms with Crippen molar-refractivity contribution in [3.63, 3.8) is 0 Å². The lowest BCUT2D eigenvalue weighted by molar-refractivity contribution is -0.115. The maximum atomic E-state index is 11.4. The summed E-state index contributed by atoms with van der Waals surface area (Å²) < 4.78 is 0. The third-order valence-corrected chi connectivity index (χ3v) is 5.75. The number of aromatic nitrogens is 4. The van der Waals surface area contributed by atoms with Crippen molar-refractivity contribution >= 4 is 38.8 Å². The summed E-state index contributed by atoms with van der Waals surface area (Å²) >= 11 is 2.95. The average Bonchev–Trinajstić information content (AvgIpc) is 3.34. The van der Waals surface area contributed by atoms with Gasteiger partial charge in [-0.2, -0.15) is 0 Å². The molecule has 2 aromatic heterocycles. The second-order valence-electron chi connectivity index (χ2n) is 5.39. The van der Waals surface area contributed by atoms with Crippen molar-refractivity contribution in [2.75, 3.05) is 11.1 Å². The van der Waals surface area contributed by atoms with Crippen LogP contribution >= 0.6 is 22.7 Å². The van der Waals surface area contributed by atoms with Crippen LogP contribution in [0.15, 0.2) is 0 Å². The Labute approximate surface area is 163 Å². The van der Waals surface area contributed by atoms with Gasteiger partial charge < -0.3 is 11.1 Å². The van der Waals surface area contributed by atoms with Crippen molar-refractivity contribution in [1.29, 1.82) is 0 Å². The zero-order valence-electron chi connectivity index (χ0n) is 16.3. The van der Waals surface area contributed by atoms with E-state index < -0.39 is 0 Å². The first-order chi connectivity index (χ1) is 12.7. The molecule has 0 bridgehead atoms. The Morgan fingerprint density at radius 3 is 2.15 bits per heavy atom. The highest BCUT2D eigenvalue weighted by Gasteiger charge is 2.29. The van der Waals surface area contributed by atoms with Crippen LogP contribution < -0.4 is 11.1 Å². The minimum absolute atomic E-state index is 0.0337.